The van der Waals surface area contributed by atoms with Crippen LogP contribution in [0.5, 0.6) is 5.75 Å². The van der Waals surface area contributed by atoms with Crippen LogP contribution in [0.15, 0.2) is 18.2 Å². The summed E-state index contributed by atoms with van der Waals surface area (Å²) in [6.45, 7) is 0. The molecule has 0 spiro atoms. The molecule has 72 valence electrons. The smallest absolute Gasteiger partial charge is 0.213 e. The molecule has 0 radical (unpaired) electrons. The Balaban J connectivity index is 2.48. The highest BCUT2D eigenvalue weighted by atomic mass is 32.1. The number of hydrogen-bond donors (Lipinski definition) is 1. The fraction of sp³-hybridized carbons (Fsp3) is 0.111. The topological polar surface area (TPSA) is 51.2 Å². The number of nitrogens with one attached hydrogen (secondary N) is 1. The highest BCUT2D eigenvalue weighted by Gasteiger charge is 2.03. The Hall–Kier alpha value is -1.62. The zero-order valence-corrected chi connectivity index (χ0v) is 8.30. The Morgan fingerprint density at radius 3 is 3.14 bits per heavy atom. The number of thiazole rings is 1. The molecule has 4 nitrogen and oxygen atoms in total. The van der Waals surface area contributed by atoms with Crippen molar-refractivity contribution in [2.24, 2.45) is 0 Å². The zero-order chi connectivity index (χ0) is 9.97. The van der Waals surface area contributed by atoms with Gasteiger partial charge in [-0.15, -0.1) is 0 Å². The second-order valence-electron chi connectivity index (χ2n) is 2.61. The van der Waals surface area contributed by atoms with Crippen LogP contribution in [0, 0.1) is 0 Å². The molecule has 1 N–H and O–H groups in total. The van der Waals surface area contributed by atoms with Gasteiger partial charge in [-0.3, -0.25) is 4.79 Å². The number of fused-ring (bicyclic) bond motifs is 1. The highest BCUT2D eigenvalue weighted by molar-refractivity contribution is 7.22. The van der Waals surface area contributed by atoms with E-state index in [-0.39, 0.29) is 0 Å². The summed E-state index contributed by atoms with van der Waals surface area (Å²) in [4.78, 5) is 14.4. The number of carbonyl (C=O) groups is 1. The van der Waals surface area contributed by atoms with Gasteiger partial charge in [0.1, 0.15) is 5.75 Å². The summed E-state index contributed by atoms with van der Waals surface area (Å²) in [7, 11) is 1.62. The van der Waals surface area contributed by atoms with Gasteiger partial charge >= 0.3 is 0 Å². The largest absolute Gasteiger partial charge is 0.497 e. The van der Waals surface area contributed by atoms with E-state index in [4.69, 9.17) is 4.74 Å². The molecule has 2 aromatic rings. The molecule has 0 atom stereocenters. The second-order valence-corrected chi connectivity index (χ2v) is 3.65. The van der Waals surface area contributed by atoms with Crippen LogP contribution in [0.1, 0.15) is 0 Å². The quantitative estimate of drug-likeness (QED) is 0.783. The summed E-state index contributed by atoms with van der Waals surface area (Å²) in [5.41, 5.74) is 0.861. The number of amides is 1. The Labute approximate surface area is 84.5 Å². The maximum Gasteiger partial charge on any atom is 0.213 e. The maximum atomic E-state index is 10.2. The van der Waals surface area contributed by atoms with Gasteiger partial charge in [0.2, 0.25) is 6.41 Å². The normalized spacial score (nSPS) is 10.1. The average molecular weight is 208 g/mol. The van der Waals surface area contributed by atoms with Gasteiger partial charge in [0.25, 0.3) is 0 Å². The molecular weight excluding hydrogens is 200 g/mol. The van der Waals surface area contributed by atoms with Crippen molar-refractivity contribution >= 4 is 33.1 Å². The van der Waals surface area contributed by atoms with E-state index < -0.39 is 0 Å². The molecule has 1 aromatic heterocycles. The Bertz CT molecular complexity index is 467. The van der Waals surface area contributed by atoms with Gasteiger partial charge in [0.05, 0.1) is 17.3 Å². The van der Waals surface area contributed by atoms with Crippen molar-refractivity contribution in [3.8, 4) is 5.75 Å². The number of ether oxygens (including phenoxy) is 1. The lowest BCUT2D eigenvalue weighted by Gasteiger charge is -1.96. The van der Waals surface area contributed by atoms with Gasteiger partial charge in [-0.05, 0) is 18.2 Å². The van der Waals surface area contributed by atoms with E-state index in [1.807, 2.05) is 18.2 Å². The van der Waals surface area contributed by atoms with Gasteiger partial charge in [-0.2, -0.15) is 0 Å². The van der Waals surface area contributed by atoms with Crippen LogP contribution in [0.3, 0.4) is 0 Å². The first-order chi connectivity index (χ1) is 6.83. The zero-order valence-electron chi connectivity index (χ0n) is 7.48. The molecule has 0 aliphatic rings. The van der Waals surface area contributed by atoms with Crippen molar-refractivity contribution in [2.45, 2.75) is 0 Å². The average Bonchev–Trinajstić information content (AvgIpc) is 2.59. The van der Waals surface area contributed by atoms with Gasteiger partial charge in [0.15, 0.2) is 5.13 Å². The molecule has 14 heavy (non-hydrogen) atoms. The molecule has 0 fully saturated rings. The fourth-order valence-electron chi connectivity index (χ4n) is 1.14. The fourth-order valence-corrected chi connectivity index (χ4v) is 2.00. The predicted octanol–water partition coefficient (Wildman–Crippen LogP) is 1.87. The van der Waals surface area contributed by atoms with Crippen LogP contribution in [0.25, 0.3) is 10.2 Å². The van der Waals surface area contributed by atoms with E-state index in [9.17, 15) is 4.79 Å². The number of nitrogens with zero attached hydrogens (tertiary/aromatic N) is 1. The van der Waals surface area contributed by atoms with E-state index in [1.54, 1.807) is 7.11 Å². The van der Waals surface area contributed by atoms with Crippen LogP contribution in [0.2, 0.25) is 0 Å². The molecular formula is C9H8N2O2S. The third-order valence-corrected chi connectivity index (χ3v) is 2.73. The third-order valence-electron chi connectivity index (χ3n) is 1.78. The first kappa shape index (κ1) is 8.96. The third kappa shape index (κ3) is 1.54. The molecule has 0 bridgehead atoms. The molecule has 0 saturated heterocycles. The Kier molecular flexibility index (Phi) is 2.32. The first-order valence-electron chi connectivity index (χ1n) is 3.98. The van der Waals surface area contributed by atoms with Gasteiger partial charge < -0.3 is 10.1 Å². The summed E-state index contributed by atoms with van der Waals surface area (Å²) in [5.74, 6) is 0.791. The van der Waals surface area contributed by atoms with Crippen molar-refractivity contribution in [3.05, 3.63) is 18.2 Å². The van der Waals surface area contributed by atoms with E-state index in [0.717, 1.165) is 16.0 Å². The minimum Gasteiger partial charge on any atom is -0.497 e. The SMILES string of the molecule is COc1ccc2nc(NC=O)sc2c1. The van der Waals surface area contributed by atoms with Crippen LogP contribution in [-0.2, 0) is 4.79 Å². The predicted molar refractivity (Wildman–Crippen MR) is 55.9 cm³/mol. The number of benzene rings is 1. The number of aromatic nitrogens is 1. The van der Waals surface area contributed by atoms with Crippen molar-refractivity contribution < 1.29 is 9.53 Å². The Morgan fingerprint density at radius 2 is 2.43 bits per heavy atom. The molecule has 1 heterocycles. The molecule has 5 heteroatoms. The van der Waals surface area contributed by atoms with Gasteiger partial charge in [-0.1, -0.05) is 11.3 Å². The Morgan fingerprint density at radius 1 is 1.57 bits per heavy atom. The summed E-state index contributed by atoms with van der Waals surface area (Å²) in [5, 5.41) is 3.12. The molecule has 1 amide bonds. The maximum absolute atomic E-state index is 10.2. The summed E-state index contributed by atoms with van der Waals surface area (Å²) < 4.78 is 6.07. The van der Waals surface area contributed by atoms with Crippen molar-refractivity contribution in [1.29, 1.82) is 0 Å². The summed E-state index contributed by atoms with van der Waals surface area (Å²) in [6.07, 6.45) is 0.620. The van der Waals surface area contributed by atoms with Crippen LogP contribution in [0.4, 0.5) is 5.13 Å². The molecule has 0 saturated carbocycles. The summed E-state index contributed by atoms with van der Waals surface area (Å²) >= 11 is 1.42. The number of carbonyl (C=O) groups excluding carboxylic acids is 1. The lowest BCUT2D eigenvalue weighted by atomic mass is 10.3. The van der Waals surface area contributed by atoms with Crippen LogP contribution in [-0.4, -0.2) is 18.5 Å². The van der Waals surface area contributed by atoms with Crippen LogP contribution < -0.4 is 10.1 Å². The lowest BCUT2D eigenvalue weighted by Crippen LogP contribution is -1.91. The van der Waals surface area contributed by atoms with E-state index in [0.29, 0.717) is 11.5 Å². The minimum absolute atomic E-state index is 0.600. The molecule has 0 aliphatic heterocycles. The first-order valence-corrected chi connectivity index (χ1v) is 4.80. The standard InChI is InChI=1S/C9H8N2O2S/c1-13-6-2-3-7-8(4-6)14-9(11-7)10-5-12/h2-5H,1H3,(H,10,11,12). The van der Waals surface area contributed by atoms with E-state index in [2.05, 4.69) is 10.3 Å². The van der Waals surface area contributed by atoms with Gasteiger partial charge in [-0.25, -0.2) is 4.98 Å². The molecule has 1 aromatic carbocycles. The number of methoxy groups -OCH3 is 1. The second kappa shape index (κ2) is 3.63. The van der Waals surface area contributed by atoms with Crippen molar-refractivity contribution in [3.63, 3.8) is 0 Å². The number of anilines is 1. The summed E-state index contributed by atoms with van der Waals surface area (Å²) in [6, 6.07) is 5.59. The minimum atomic E-state index is 0.600. The van der Waals surface area contributed by atoms with E-state index >= 15 is 0 Å². The van der Waals surface area contributed by atoms with Gasteiger partial charge in [0, 0.05) is 0 Å². The highest BCUT2D eigenvalue weighted by Crippen LogP contribution is 2.28. The van der Waals surface area contributed by atoms with Crippen molar-refractivity contribution in [2.75, 3.05) is 12.4 Å². The van der Waals surface area contributed by atoms with Crippen LogP contribution >= 0.6 is 11.3 Å². The molecule has 0 aliphatic carbocycles. The number of rotatable bonds is 3. The lowest BCUT2D eigenvalue weighted by molar-refractivity contribution is -0.105. The monoisotopic (exact) mass is 208 g/mol. The number of hydrogen-bond acceptors (Lipinski definition) is 4. The molecule has 2 rings (SSSR count). The van der Waals surface area contributed by atoms with Crippen molar-refractivity contribution in [1.82, 2.24) is 4.98 Å². The van der Waals surface area contributed by atoms with E-state index in [1.165, 1.54) is 11.3 Å². The molecule has 0 unspecified atom stereocenters.